The van der Waals surface area contributed by atoms with Crippen LogP contribution in [0.15, 0.2) is 60.5 Å². The molecular weight excluding hydrogens is 566 g/mol. The van der Waals surface area contributed by atoms with Gasteiger partial charge in [0.1, 0.15) is 34.7 Å². The molecule has 1 fully saturated rings. The lowest BCUT2D eigenvalue weighted by atomic mass is 9.93. The van der Waals surface area contributed by atoms with Gasteiger partial charge in [-0.25, -0.2) is 18.6 Å². The monoisotopic (exact) mass is 596 g/mol. The van der Waals surface area contributed by atoms with Crippen LogP contribution in [0.4, 0.5) is 20.3 Å². The van der Waals surface area contributed by atoms with Crippen LogP contribution < -0.4 is 4.90 Å². The van der Waals surface area contributed by atoms with E-state index in [1.54, 1.807) is 24.1 Å². The van der Waals surface area contributed by atoms with Gasteiger partial charge in [-0.15, -0.1) is 0 Å². The van der Waals surface area contributed by atoms with Gasteiger partial charge < -0.3 is 14.9 Å². The second-order valence-electron chi connectivity index (χ2n) is 11.0. The lowest BCUT2D eigenvalue weighted by Gasteiger charge is -2.45. The van der Waals surface area contributed by atoms with Gasteiger partial charge in [0.2, 0.25) is 5.91 Å². The number of halogens is 2. The number of phenolic OH excluding ortho intramolecular Hbond substituents is 1. The first kappa shape index (κ1) is 30.1. The molecule has 2 aliphatic heterocycles. The summed E-state index contributed by atoms with van der Waals surface area (Å²) in [6.45, 7) is 11.9. The highest BCUT2D eigenvalue weighted by atomic mass is 19.1. The largest absolute Gasteiger partial charge is 0.507 e. The number of rotatable bonds is 5. The molecule has 0 spiro atoms. The molecule has 0 bridgehead atoms. The number of nitrogens with zero attached hydrogens (tertiary/aromatic N) is 6. The van der Waals surface area contributed by atoms with E-state index in [1.807, 2.05) is 31.6 Å². The summed E-state index contributed by atoms with van der Waals surface area (Å²) in [5, 5.41) is 21.1. The Kier molecular flexibility index (Phi) is 8.05. The van der Waals surface area contributed by atoms with Gasteiger partial charge in [-0.3, -0.25) is 14.7 Å². The van der Waals surface area contributed by atoms with Gasteiger partial charge in [-0.1, -0.05) is 26.5 Å². The van der Waals surface area contributed by atoms with Gasteiger partial charge in [0.05, 0.1) is 22.6 Å². The minimum Gasteiger partial charge on any atom is -0.507 e. The fourth-order valence-corrected chi connectivity index (χ4v) is 5.83. The topological polar surface area (TPSA) is 114 Å². The molecule has 44 heavy (non-hydrogen) atoms. The fourth-order valence-electron chi connectivity index (χ4n) is 5.83. The van der Waals surface area contributed by atoms with Crippen LogP contribution in [0, 0.1) is 29.9 Å². The molecule has 0 saturated carbocycles. The molecule has 0 unspecified atom stereocenters. The number of pyridine rings is 2. The summed E-state index contributed by atoms with van der Waals surface area (Å²) in [4.78, 5) is 39.2. The van der Waals surface area contributed by atoms with Crippen molar-refractivity contribution in [2.24, 2.45) is 0 Å². The summed E-state index contributed by atoms with van der Waals surface area (Å²) < 4.78 is 31.1. The number of nitriles is 1. The molecule has 9 nitrogen and oxygen atoms in total. The molecule has 0 aliphatic carbocycles. The number of piperazine rings is 1. The molecule has 1 atom stereocenters. The van der Waals surface area contributed by atoms with Crippen molar-refractivity contribution in [1.82, 2.24) is 19.8 Å². The molecule has 0 radical (unpaired) electrons. The molecule has 2 aromatic heterocycles. The van der Waals surface area contributed by atoms with Gasteiger partial charge in [0, 0.05) is 37.4 Å². The maximum absolute atomic E-state index is 16.1. The van der Waals surface area contributed by atoms with Crippen molar-refractivity contribution in [3.05, 3.63) is 88.9 Å². The van der Waals surface area contributed by atoms with Gasteiger partial charge in [-0.2, -0.15) is 5.26 Å². The summed E-state index contributed by atoms with van der Waals surface area (Å²) in [7, 11) is 0. The first-order chi connectivity index (χ1) is 21.0. The van der Waals surface area contributed by atoms with E-state index in [-0.39, 0.29) is 65.8 Å². The van der Waals surface area contributed by atoms with Gasteiger partial charge in [0.25, 0.3) is 0 Å². The molecule has 5 rings (SSSR count). The van der Waals surface area contributed by atoms with Gasteiger partial charge >= 0.3 is 0 Å². The van der Waals surface area contributed by atoms with E-state index in [9.17, 15) is 20.0 Å². The van der Waals surface area contributed by atoms with Gasteiger partial charge in [0.15, 0.2) is 17.5 Å². The summed E-state index contributed by atoms with van der Waals surface area (Å²) in [6, 6.07) is 8.25. The Morgan fingerprint density at radius 3 is 2.59 bits per heavy atom. The summed E-state index contributed by atoms with van der Waals surface area (Å²) in [6.07, 6.45) is 2.85. The van der Waals surface area contributed by atoms with E-state index in [1.165, 1.54) is 23.1 Å². The molecule has 11 heteroatoms. The lowest BCUT2D eigenvalue weighted by molar-refractivity contribution is -0.128. The van der Waals surface area contributed by atoms with E-state index in [0.717, 1.165) is 12.1 Å². The molecule has 1 aromatic carbocycles. The summed E-state index contributed by atoms with van der Waals surface area (Å²) >= 11 is 0. The van der Waals surface area contributed by atoms with E-state index in [4.69, 9.17) is 0 Å². The number of aromatic nitrogens is 2. The quantitative estimate of drug-likeness (QED) is 0.309. The van der Waals surface area contributed by atoms with E-state index < -0.39 is 28.6 Å². The number of fused-ring (bicyclic) bond motifs is 1. The second-order valence-corrected chi connectivity index (χ2v) is 11.0. The Labute approximate surface area is 253 Å². The zero-order chi connectivity index (χ0) is 31.9. The smallest absolute Gasteiger partial charge is 0.246 e. The zero-order valence-electron chi connectivity index (χ0n) is 24.7. The third kappa shape index (κ3) is 4.89. The summed E-state index contributed by atoms with van der Waals surface area (Å²) in [5.41, 5.74) is 0.964. The molecule has 4 heterocycles. The molecule has 3 aromatic rings. The number of hydrogen-bond donors (Lipinski definition) is 1. The van der Waals surface area contributed by atoms with Crippen LogP contribution in [0.25, 0.3) is 17.0 Å². The first-order valence-electron chi connectivity index (χ1n) is 14.1. The second kappa shape index (κ2) is 11.7. The average Bonchev–Trinajstić information content (AvgIpc) is 2.99. The van der Waals surface area contributed by atoms with E-state index in [0.29, 0.717) is 16.9 Å². The number of amides is 1. The number of aryl methyl sites for hydroxylation is 1. The van der Waals surface area contributed by atoms with Crippen molar-refractivity contribution in [2.45, 2.75) is 39.7 Å². The van der Waals surface area contributed by atoms with Crippen molar-refractivity contribution in [3.63, 3.8) is 0 Å². The Morgan fingerprint density at radius 1 is 1.23 bits per heavy atom. The Bertz CT molecular complexity index is 1800. The van der Waals surface area contributed by atoms with E-state index in [2.05, 4.69) is 22.6 Å². The number of phenols is 1. The number of allylic oxidation sites excluding steroid dienone is 1. The van der Waals surface area contributed by atoms with E-state index >= 15 is 8.78 Å². The van der Waals surface area contributed by atoms with Crippen molar-refractivity contribution in [3.8, 4) is 23.1 Å². The Morgan fingerprint density at radius 2 is 1.98 bits per heavy atom. The van der Waals surface area contributed by atoms with Gasteiger partial charge in [-0.05, 0) is 55.7 Å². The molecule has 224 valence electrons. The van der Waals surface area contributed by atoms with Crippen LogP contribution in [-0.4, -0.2) is 62.4 Å². The molecule has 1 N–H and O–H groups in total. The molecule has 2 aliphatic rings. The van der Waals surface area contributed by atoms with Crippen LogP contribution in [-0.2, 0) is 9.59 Å². The summed E-state index contributed by atoms with van der Waals surface area (Å²) in [5.74, 6) is -0.779. The lowest BCUT2D eigenvalue weighted by Crippen LogP contribution is -2.53. The fraction of sp³-hybridized carbons (Fsp3) is 0.273. The van der Waals surface area contributed by atoms with Crippen LogP contribution in [0.1, 0.15) is 43.5 Å². The van der Waals surface area contributed by atoms with Crippen LogP contribution >= 0.6 is 0 Å². The molecule has 1 amide bonds. The first-order valence-corrected chi connectivity index (χ1v) is 14.1. The predicted molar refractivity (Wildman–Crippen MR) is 161 cm³/mol. The number of aromatic hydroxyl groups is 1. The van der Waals surface area contributed by atoms with Crippen molar-refractivity contribution < 1.29 is 23.5 Å². The predicted octanol–water partition coefficient (Wildman–Crippen LogP) is 5.38. The molecule has 1 saturated heterocycles. The third-order valence-corrected chi connectivity index (χ3v) is 7.88. The Hall–Kier alpha value is -5.33. The average molecular weight is 597 g/mol. The van der Waals surface area contributed by atoms with Crippen LogP contribution in [0.2, 0.25) is 0 Å². The highest BCUT2D eigenvalue weighted by molar-refractivity contribution is 5.97. The normalized spacial score (nSPS) is 16.5. The zero-order valence-corrected chi connectivity index (χ0v) is 24.7. The van der Waals surface area contributed by atoms with Crippen molar-refractivity contribution >= 4 is 29.1 Å². The van der Waals surface area contributed by atoms with Crippen molar-refractivity contribution in [1.29, 1.82) is 5.26 Å². The minimum absolute atomic E-state index is 0.0335. The van der Waals surface area contributed by atoms with Crippen LogP contribution in [0.3, 0.4) is 0 Å². The number of benzene rings is 1. The standard InChI is InChI=1S/C33H30F2N6O3/c1-6-27(44)39-12-13-40(20(5)16-39)32-21-14-24(35)30(28-23(34)8-7-9-26(28)43)38-33(21)41(25(17-42)22(32)15-36)31-19(4)10-11-37-29(31)18(2)3/h6-11,14,18,20,43H,1,12-13,16H2,2-5H3/t20-/m0/s1. The number of carbonyl (C=O) groups is 1. The minimum atomic E-state index is -0.947. The highest BCUT2D eigenvalue weighted by Crippen LogP contribution is 2.48. The van der Waals surface area contributed by atoms with Crippen molar-refractivity contribution in [2.75, 3.05) is 24.5 Å². The SMILES string of the molecule is C=CC(=O)N1CCN(C2=C(C#N)C(=C=O)N(c3c(C)ccnc3C(C)C)c3nc(-c4c(O)cccc4F)c(F)cc32)[C@@H](C)C1. The third-order valence-electron chi connectivity index (χ3n) is 7.88. The Balaban J connectivity index is 1.85. The molecular formula is C33H30F2N6O3. The maximum Gasteiger partial charge on any atom is 0.246 e. The van der Waals surface area contributed by atoms with Crippen LogP contribution in [0.5, 0.6) is 5.75 Å². The number of anilines is 2. The number of carbonyl (C=O) groups excluding carboxylic acids is 2. The number of hydrogen-bond acceptors (Lipinski definition) is 8. The highest BCUT2D eigenvalue weighted by Gasteiger charge is 2.40. The maximum atomic E-state index is 16.1.